The van der Waals surface area contributed by atoms with Gasteiger partial charge in [-0.3, -0.25) is 9.69 Å². The molecule has 0 unspecified atom stereocenters. The van der Waals surface area contributed by atoms with Crippen molar-refractivity contribution in [3.63, 3.8) is 0 Å². The first-order valence-corrected chi connectivity index (χ1v) is 9.15. The minimum Gasteiger partial charge on any atom is -0.396 e. The number of aliphatic hydroxyl groups is 1. The van der Waals surface area contributed by atoms with Crippen molar-refractivity contribution in [2.24, 2.45) is 0 Å². The summed E-state index contributed by atoms with van der Waals surface area (Å²) in [5.41, 5.74) is 1.06. The minimum absolute atomic E-state index is 0.212. The number of carbonyl (C=O) groups excluding carboxylic acids is 1. The maximum atomic E-state index is 12.8. The van der Waals surface area contributed by atoms with Crippen LogP contribution in [0.1, 0.15) is 25.7 Å². The molecular formula is C17H24N2O2S. The second kappa shape index (κ2) is 7.49. The third kappa shape index (κ3) is 3.83. The molecule has 2 aliphatic rings. The Hall–Kier alpha value is -1.04. The van der Waals surface area contributed by atoms with Crippen molar-refractivity contribution in [3.05, 3.63) is 24.3 Å². The summed E-state index contributed by atoms with van der Waals surface area (Å²) in [5, 5.41) is 8.93. The monoisotopic (exact) mass is 320 g/mol. The number of hydrogen-bond donors (Lipinski definition) is 1. The van der Waals surface area contributed by atoms with Gasteiger partial charge in [-0.15, -0.1) is 11.8 Å². The predicted octanol–water partition coefficient (Wildman–Crippen LogP) is 2.36. The van der Waals surface area contributed by atoms with Gasteiger partial charge >= 0.3 is 0 Å². The topological polar surface area (TPSA) is 43.8 Å². The van der Waals surface area contributed by atoms with E-state index >= 15 is 0 Å². The number of aliphatic hydroxyl groups excluding tert-OH is 1. The number of benzene rings is 1. The molecule has 22 heavy (non-hydrogen) atoms. The van der Waals surface area contributed by atoms with E-state index in [0.29, 0.717) is 12.6 Å². The zero-order chi connectivity index (χ0) is 15.4. The van der Waals surface area contributed by atoms with Crippen LogP contribution >= 0.6 is 11.8 Å². The first-order valence-electron chi connectivity index (χ1n) is 8.16. The fourth-order valence-corrected chi connectivity index (χ4v) is 3.94. The molecule has 1 aromatic carbocycles. The van der Waals surface area contributed by atoms with Crippen LogP contribution in [0.5, 0.6) is 0 Å². The number of rotatable bonds is 7. The first-order chi connectivity index (χ1) is 10.8. The Kier molecular flexibility index (Phi) is 5.39. The van der Waals surface area contributed by atoms with Crippen LogP contribution in [0, 0.1) is 0 Å². The summed E-state index contributed by atoms with van der Waals surface area (Å²) >= 11 is 1.83. The third-order valence-corrected chi connectivity index (χ3v) is 5.33. The van der Waals surface area contributed by atoms with Crippen molar-refractivity contribution in [2.45, 2.75) is 36.6 Å². The molecule has 1 aliphatic heterocycles. The fourth-order valence-electron chi connectivity index (χ4n) is 2.94. The lowest BCUT2D eigenvalue weighted by molar-refractivity contribution is -0.119. The number of unbranched alkanes of at least 4 members (excludes halogenated alkanes) is 1. The van der Waals surface area contributed by atoms with Gasteiger partial charge in [0.15, 0.2) is 0 Å². The van der Waals surface area contributed by atoms with Crippen LogP contribution in [0.4, 0.5) is 5.69 Å². The predicted molar refractivity (Wildman–Crippen MR) is 90.4 cm³/mol. The molecule has 120 valence electrons. The van der Waals surface area contributed by atoms with Crippen LogP contribution < -0.4 is 4.90 Å². The molecule has 1 amide bonds. The van der Waals surface area contributed by atoms with Crippen LogP contribution in [-0.4, -0.2) is 53.9 Å². The Balaban J connectivity index is 1.63. The van der Waals surface area contributed by atoms with E-state index in [0.717, 1.165) is 37.4 Å². The summed E-state index contributed by atoms with van der Waals surface area (Å²) in [6.45, 7) is 2.47. The largest absolute Gasteiger partial charge is 0.396 e. The highest BCUT2D eigenvalue weighted by molar-refractivity contribution is 7.99. The van der Waals surface area contributed by atoms with E-state index in [4.69, 9.17) is 5.11 Å². The van der Waals surface area contributed by atoms with Gasteiger partial charge in [0.1, 0.15) is 0 Å². The summed E-state index contributed by atoms with van der Waals surface area (Å²) in [7, 11) is 0. The summed E-state index contributed by atoms with van der Waals surface area (Å²) in [6, 6.07) is 8.76. The molecule has 0 aromatic heterocycles. The molecule has 0 bridgehead atoms. The van der Waals surface area contributed by atoms with Crippen molar-refractivity contribution in [1.82, 2.24) is 4.90 Å². The molecule has 1 fully saturated rings. The molecule has 0 saturated heterocycles. The Labute approximate surface area is 136 Å². The molecule has 1 aromatic rings. The van der Waals surface area contributed by atoms with E-state index in [1.54, 1.807) is 0 Å². The minimum atomic E-state index is 0.212. The van der Waals surface area contributed by atoms with Gasteiger partial charge in [-0.05, 0) is 44.4 Å². The fraction of sp³-hybridized carbons (Fsp3) is 0.588. The zero-order valence-electron chi connectivity index (χ0n) is 12.9. The van der Waals surface area contributed by atoms with E-state index in [-0.39, 0.29) is 12.5 Å². The average molecular weight is 320 g/mol. The highest BCUT2D eigenvalue weighted by Gasteiger charge is 2.32. The second-order valence-corrected chi connectivity index (χ2v) is 7.13. The number of nitrogens with zero attached hydrogens (tertiary/aromatic N) is 2. The Bertz CT molecular complexity index is 519. The second-order valence-electron chi connectivity index (χ2n) is 5.99. The number of amides is 1. The van der Waals surface area contributed by atoms with Gasteiger partial charge in [-0.1, -0.05) is 12.1 Å². The molecule has 4 nitrogen and oxygen atoms in total. The standard InChI is InChI=1S/C17H24N2O2S/c20-11-4-3-9-18(14-7-8-14)13-17(21)19-10-12-22-16-6-2-1-5-15(16)19/h1-2,5-6,14,20H,3-4,7-13H2. The van der Waals surface area contributed by atoms with E-state index < -0.39 is 0 Å². The number of fused-ring (bicyclic) bond motifs is 1. The zero-order valence-corrected chi connectivity index (χ0v) is 13.7. The summed E-state index contributed by atoms with van der Waals surface area (Å²) in [5.74, 6) is 1.18. The smallest absolute Gasteiger partial charge is 0.241 e. The highest BCUT2D eigenvalue weighted by Crippen LogP contribution is 2.35. The molecule has 1 N–H and O–H groups in total. The van der Waals surface area contributed by atoms with E-state index in [9.17, 15) is 4.79 Å². The maximum Gasteiger partial charge on any atom is 0.241 e. The van der Waals surface area contributed by atoms with E-state index in [1.807, 2.05) is 34.9 Å². The normalized spacial score (nSPS) is 17.6. The van der Waals surface area contributed by atoms with Crippen molar-refractivity contribution in [1.29, 1.82) is 0 Å². The van der Waals surface area contributed by atoms with Crippen molar-refractivity contribution < 1.29 is 9.90 Å². The lowest BCUT2D eigenvalue weighted by atomic mass is 10.2. The van der Waals surface area contributed by atoms with Gasteiger partial charge < -0.3 is 10.0 Å². The van der Waals surface area contributed by atoms with Gasteiger partial charge in [0, 0.05) is 29.8 Å². The molecule has 3 rings (SSSR count). The molecule has 1 aliphatic carbocycles. The summed E-state index contributed by atoms with van der Waals surface area (Å²) < 4.78 is 0. The molecule has 0 atom stereocenters. The van der Waals surface area contributed by atoms with Gasteiger partial charge in [-0.2, -0.15) is 0 Å². The maximum absolute atomic E-state index is 12.8. The Morgan fingerprint density at radius 1 is 1.32 bits per heavy atom. The molecule has 0 spiro atoms. The van der Waals surface area contributed by atoms with Crippen LogP contribution in [-0.2, 0) is 4.79 Å². The Morgan fingerprint density at radius 2 is 2.14 bits per heavy atom. The average Bonchev–Trinajstić information content (AvgIpc) is 3.38. The van der Waals surface area contributed by atoms with Gasteiger partial charge in [0.05, 0.1) is 12.2 Å². The molecule has 5 heteroatoms. The SMILES string of the molecule is O=C(CN(CCCCO)C1CC1)N1CCSc2ccccc21. The molecule has 1 saturated carbocycles. The van der Waals surface area contributed by atoms with Crippen molar-refractivity contribution >= 4 is 23.4 Å². The van der Waals surface area contributed by atoms with Crippen LogP contribution in [0.3, 0.4) is 0 Å². The summed E-state index contributed by atoms with van der Waals surface area (Å²) in [6.07, 6.45) is 4.20. The number of thioether (sulfide) groups is 1. The molecular weight excluding hydrogens is 296 g/mol. The lowest BCUT2D eigenvalue weighted by Gasteiger charge is -2.31. The van der Waals surface area contributed by atoms with Crippen LogP contribution in [0.15, 0.2) is 29.2 Å². The van der Waals surface area contributed by atoms with Gasteiger partial charge in [0.25, 0.3) is 0 Å². The summed E-state index contributed by atoms with van der Waals surface area (Å²) in [4.78, 5) is 18.2. The van der Waals surface area contributed by atoms with Gasteiger partial charge in [-0.25, -0.2) is 0 Å². The van der Waals surface area contributed by atoms with Crippen LogP contribution in [0.25, 0.3) is 0 Å². The van der Waals surface area contributed by atoms with Crippen molar-refractivity contribution in [2.75, 3.05) is 36.9 Å². The third-order valence-electron chi connectivity index (χ3n) is 4.28. The number of hydrogen-bond acceptors (Lipinski definition) is 4. The molecule has 1 heterocycles. The number of anilines is 1. The number of carbonyl (C=O) groups is 1. The Morgan fingerprint density at radius 3 is 2.91 bits per heavy atom. The molecule has 0 radical (unpaired) electrons. The van der Waals surface area contributed by atoms with E-state index in [1.165, 1.54) is 17.7 Å². The van der Waals surface area contributed by atoms with Crippen LogP contribution in [0.2, 0.25) is 0 Å². The van der Waals surface area contributed by atoms with Crippen molar-refractivity contribution in [3.8, 4) is 0 Å². The highest BCUT2D eigenvalue weighted by atomic mass is 32.2. The first kappa shape index (κ1) is 15.8. The van der Waals surface area contributed by atoms with E-state index in [2.05, 4.69) is 11.0 Å². The van der Waals surface area contributed by atoms with Gasteiger partial charge in [0.2, 0.25) is 5.91 Å². The number of para-hydroxylation sites is 1. The quantitative estimate of drug-likeness (QED) is 0.783. The lowest BCUT2D eigenvalue weighted by Crippen LogP contribution is -2.43.